The Morgan fingerprint density at radius 1 is 1.10 bits per heavy atom. The van der Waals surface area contributed by atoms with Crippen LogP contribution in [0, 0.1) is 11.6 Å². The molecule has 0 heterocycles. The van der Waals surface area contributed by atoms with Gasteiger partial charge in [-0.25, -0.2) is 8.78 Å². The first kappa shape index (κ1) is 14.5. The molecule has 2 aromatic carbocycles. The molecule has 0 aromatic heterocycles. The molecule has 104 valence electrons. The molecule has 2 rings (SSSR count). The molecule has 0 saturated carbocycles. The standard InChI is InChI=1S/C15H12ClF2NO/c1-19(9-10-5-7-11(16)8-6-10)15(20)14-12(17)3-2-4-13(14)18/h2-8H,9H2,1H3. The Morgan fingerprint density at radius 3 is 2.20 bits per heavy atom. The largest absolute Gasteiger partial charge is 0.337 e. The maximum absolute atomic E-state index is 13.5. The first-order valence-corrected chi connectivity index (χ1v) is 6.31. The molecule has 0 unspecified atom stereocenters. The van der Waals surface area contributed by atoms with Gasteiger partial charge in [0.05, 0.1) is 0 Å². The van der Waals surface area contributed by atoms with Crippen molar-refractivity contribution in [2.45, 2.75) is 6.54 Å². The molecule has 2 aromatic rings. The van der Waals surface area contributed by atoms with Crippen LogP contribution in [0.2, 0.25) is 5.02 Å². The molecule has 0 bridgehead atoms. The maximum atomic E-state index is 13.5. The Bertz CT molecular complexity index is 608. The molecule has 2 nitrogen and oxygen atoms in total. The molecule has 0 atom stereocenters. The quantitative estimate of drug-likeness (QED) is 0.841. The van der Waals surface area contributed by atoms with Gasteiger partial charge in [0.25, 0.3) is 5.91 Å². The van der Waals surface area contributed by atoms with Crippen LogP contribution in [-0.4, -0.2) is 17.9 Å². The summed E-state index contributed by atoms with van der Waals surface area (Å²) >= 11 is 5.77. The highest BCUT2D eigenvalue weighted by Crippen LogP contribution is 2.16. The van der Waals surface area contributed by atoms with Crippen LogP contribution in [0.25, 0.3) is 0 Å². The summed E-state index contributed by atoms with van der Waals surface area (Å²) < 4.78 is 27.1. The number of rotatable bonds is 3. The highest BCUT2D eigenvalue weighted by Gasteiger charge is 2.20. The maximum Gasteiger partial charge on any atom is 0.259 e. The fraction of sp³-hybridized carbons (Fsp3) is 0.133. The fourth-order valence-electron chi connectivity index (χ4n) is 1.83. The van der Waals surface area contributed by atoms with Crippen LogP contribution in [0.3, 0.4) is 0 Å². The molecular weight excluding hydrogens is 284 g/mol. The molecule has 1 amide bonds. The first-order chi connectivity index (χ1) is 9.49. The van der Waals surface area contributed by atoms with Crippen LogP contribution in [0.15, 0.2) is 42.5 Å². The van der Waals surface area contributed by atoms with Crippen molar-refractivity contribution in [3.63, 3.8) is 0 Å². The van der Waals surface area contributed by atoms with Gasteiger partial charge >= 0.3 is 0 Å². The van der Waals surface area contributed by atoms with Crippen LogP contribution < -0.4 is 0 Å². The lowest BCUT2D eigenvalue weighted by Gasteiger charge is -2.18. The second-order valence-electron chi connectivity index (χ2n) is 4.38. The van der Waals surface area contributed by atoms with E-state index < -0.39 is 23.1 Å². The van der Waals surface area contributed by atoms with Crippen molar-refractivity contribution >= 4 is 17.5 Å². The molecule has 0 aliphatic heterocycles. The molecule has 0 aliphatic rings. The van der Waals surface area contributed by atoms with E-state index in [0.717, 1.165) is 17.7 Å². The second kappa shape index (κ2) is 6.01. The van der Waals surface area contributed by atoms with Gasteiger partial charge in [0.15, 0.2) is 0 Å². The van der Waals surface area contributed by atoms with Gasteiger partial charge < -0.3 is 4.90 Å². The van der Waals surface area contributed by atoms with Crippen LogP contribution >= 0.6 is 11.6 Å². The molecule has 0 saturated heterocycles. The Hall–Kier alpha value is -1.94. The van der Waals surface area contributed by atoms with Crippen molar-refractivity contribution in [1.29, 1.82) is 0 Å². The van der Waals surface area contributed by atoms with Crippen molar-refractivity contribution in [3.05, 3.63) is 70.2 Å². The third-order valence-corrected chi connectivity index (χ3v) is 3.11. The van der Waals surface area contributed by atoms with Crippen molar-refractivity contribution in [3.8, 4) is 0 Å². The summed E-state index contributed by atoms with van der Waals surface area (Å²) in [5.74, 6) is -2.42. The van der Waals surface area contributed by atoms with Crippen LogP contribution in [0.4, 0.5) is 8.78 Å². The number of halogens is 3. The van der Waals surface area contributed by atoms with E-state index in [-0.39, 0.29) is 6.54 Å². The van der Waals surface area contributed by atoms with Crippen LogP contribution in [0.5, 0.6) is 0 Å². The molecule has 0 fully saturated rings. The summed E-state index contributed by atoms with van der Waals surface area (Å²) in [7, 11) is 1.49. The Kier molecular flexibility index (Phi) is 4.35. The van der Waals surface area contributed by atoms with E-state index in [1.54, 1.807) is 24.3 Å². The third-order valence-electron chi connectivity index (χ3n) is 2.86. The van der Waals surface area contributed by atoms with E-state index in [4.69, 9.17) is 11.6 Å². The third kappa shape index (κ3) is 3.14. The van der Waals surface area contributed by atoms with Gasteiger partial charge in [-0.2, -0.15) is 0 Å². The summed E-state index contributed by atoms with van der Waals surface area (Å²) in [5.41, 5.74) is 0.283. The number of hydrogen-bond acceptors (Lipinski definition) is 1. The van der Waals surface area contributed by atoms with Gasteiger partial charge in [-0.1, -0.05) is 29.8 Å². The Labute approximate surface area is 120 Å². The molecular formula is C15H12ClF2NO. The summed E-state index contributed by atoms with van der Waals surface area (Å²) in [6, 6.07) is 10.2. The van der Waals surface area contributed by atoms with Gasteiger partial charge in [0.2, 0.25) is 0 Å². The lowest BCUT2D eigenvalue weighted by molar-refractivity contribution is 0.0775. The lowest BCUT2D eigenvalue weighted by atomic mass is 10.1. The SMILES string of the molecule is CN(Cc1ccc(Cl)cc1)C(=O)c1c(F)cccc1F. The summed E-state index contributed by atoms with van der Waals surface area (Å²) in [6.45, 7) is 0.240. The average molecular weight is 296 g/mol. The van der Waals surface area contributed by atoms with Gasteiger partial charge in [-0.05, 0) is 29.8 Å². The number of nitrogens with zero attached hydrogens (tertiary/aromatic N) is 1. The zero-order valence-electron chi connectivity index (χ0n) is 10.7. The number of hydrogen-bond donors (Lipinski definition) is 0. The van der Waals surface area contributed by atoms with E-state index in [1.165, 1.54) is 18.0 Å². The summed E-state index contributed by atoms with van der Waals surface area (Å²) in [6.07, 6.45) is 0. The number of carbonyl (C=O) groups is 1. The van der Waals surface area contributed by atoms with Gasteiger partial charge in [-0.3, -0.25) is 4.79 Å². The average Bonchev–Trinajstić information content (AvgIpc) is 2.41. The van der Waals surface area contributed by atoms with E-state index >= 15 is 0 Å². The van der Waals surface area contributed by atoms with Crippen molar-refractivity contribution in [2.24, 2.45) is 0 Å². The van der Waals surface area contributed by atoms with Gasteiger partial charge in [-0.15, -0.1) is 0 Å². The van der Waals surface area contributed by atoms with E-state index in [0.29, 0.717) is 5.02 Å². The van der Waals surface area contributed by atoms with E-state index in [1.807, 2.05) is 0 Å². The molecule has 0 radical (unpaired) electrons. The monoisotopic (exact) mass is 295 g/mol. The van der Waals surface area contributed by atoms with Crippen molar-refractivity contribution < 1.29 is 13.6 Å². The topological polar surface area (TPSA) is 20.3 Å². The van der Waals surface area contributed by atoms with Crippen molar-refractivity contribution in [1.82, 2.24) is 4.90 Å². The lowest BCUT2D eigenvalue weighted by Crippen LogP contribution is -2.28. The number of benzene rings is 2. The molecule has 0 aliphatic carbocycles. The Morgan fingerprint density at radius 2 is 1.65 bits per heavy atom. The number of carbonyl (C=O) groups excluding carboxylic acids is 1. The van der Waals surface area contributed by atoms with Crippen LogP contribution in [-0.2, 0) is 6.54 Å². The molecule has 0 N–H and O–H groups in total. The molecule has 5 heteroatoms. The zero-order chi connectivity index (χ0) is 14.7. The highest BCUT2D eigenvalue weighted by atomic mass is 35.5. The van der Waals surface area contributed by atoms with Crippen molar-refractivity contribution in [2.75, 3.05) is 7.05 Å². The smallest absolute Gasteiger partial charge is 0.259 e. The summed E-state index contributed by atoms with van der Waals surface area (Å²) in [4.78, 5) is 13.3. The normalized spacial score (nSPS) is 10.4. The molecule has 0 spiro atoms. The number of amides is 1. The summed E-state index contributed by atoms with van der Waals surface area (Å²) in [5, 5.41) is 0.586. The van der Waals surface area contributed by atoms with Gasteiger partial charge in [0.1, 0.15) is 17.2 Å². The van der Waals surface area contributed by atoms with Gasteiger partial charge in [0, 0.05) is 18.6 Å². The van der Waals surface area contributed by atoms with E-state index in [9.17, 15) is 13.6 Å². The fourth-order valence-corrected chi connectivity index (χ4v) is 1.95. The first-order valence-electron chi connectivity index (χ1n) is 5.93. The second-order valence-corrected chi connectivity index (χ2v) is 4.82. The van der Waals surface area contributed by atoms with Crippen LogP contribution in [0.1, 0.15) is 15.9 Å². The minimum Gasteiger partial charge on any atom is -0.337 e. The highest BCUT2D eigenvalue weighted by molar-refractivity contribution is 6.30. The zero-order valence-corrected chi connectivity index (χ0v) is 11.5. The van der Waals surface area contributed by atoms with E-state index in [2.05, 4.69) is 0 Å². The minimum absolute atomic E-state index is 0.240. The minimum atomic E-state index is -0.863. The Balaban J connectivity index is 2.18. The molecule has 20 heavy (non-hydrogen) atoms. The predicted octanol–water partition coefficient (Wildman–Crippen LogP) is 3.89. The predicted molar refractivity (Wildman–Crippen MR) is 73.6 cm³/mol.